The average Bonchev–Trinajstić information content (AvgIpc) is 2.57. The molecule has 2 fully saturated rings. The molecule has 3 heteroatoms. The lowest BCUT2D eigenvalue weighted by Crippen LogP contribution is -2.40. The molecule has 2 rings (SSSR count). The molecule has 1 heterocycles. The maximum Gasteiger partial charge on any atom is 0.0527 e. The number of piperidine rings is 1. The molecule has 0 bridgehead atoms. The standard InChI is InChI=1S/C17H31N3.C2H6/c1-4-14-5-6-17(15(11-14)12-18)19-16-7-9-20(10-8-16)13(2)3;1-2/h12-14,16H,4-11,18H2,1-3H3;1-2H3/b15-12-,19-17?;. The van der Waals surface area contributed by atoms with Gasteiger partial charge < -0.3 is 10.6 Å². The summed E-state index contributed by atoms with van der Waals surface area (Å²) in [6, 6.07) is 1.19. The van der Waals surface area contributed by atoms with Crippen LogP contribution in [-0.4, -0.2) is 35.8 Å². The number of hydrogen-bond donors (Lipinski definition) is 1. The number of nitrogens with two attached hydrogens (primary N) is 1. The van der Waals surface area contributed by atoms with Crippen LogP contribution >= 0.6 is 0 Å². The minimum Gasteiger partial charge on any atom is -0.404 e. The van der Waals surface area contributed by atoms with E-state index in [0.717, 1.165) is 18.8 Å². The summed E-state index contributed by atoms with van der Waals surface area (Å²) in [5.74, 6) is 0.812. The van der Waals surface area contributed by atoms with Gasteiger partial charge in [0.15, 0.2) is 0 Å². The molecule has 1 aliphatic heterocycles. The van der Waals surface area contributed by atoms with Gasteiger partial charge in [0.05, 0.1) is 6.04 Å². The summed E-state index contributed by atoms with van der Waals surface area (Å²) in [5, 5.41) is 0. The van der Waals surface area contributed by atoms with E-state index in [1.807, 2.05) is 20.0 Å². The molecule has 0 aromatic heterocycles. The summed E-state index contributed by atoms with van der Waals surface area (Å²) in [7, 11) is 0. The molecule has 128 valence electrons. The quantitative estimate of drug-likeness (QED) is 0.840. The lowest BCUT2D eigenvalue weighted by atomic mass is 9.83. The third-order valence-electron chi connectivity index (χ3n) is 5.01. The first kappa shape index (κ1) is 19.2. The van der Waals surface area contributed by atoms with Crippen LogP contribution in [0.25, 0.3) is 0 Å². The topological polar surface area (TPSA) is 41.6 Å². The second-order valence-electron chi connectivity index (χ2n) is 6.65. The SMILES string of the molecule is CC.CCC1CCC(=NC2CCN(C(C)C)CC2)/C(=C\N)C1. The number of rotatable bonds is 3. The van der Waals surface area contributed by atoms with Gasteiger partial charge in [-0.2, -0.15) is 0 Å². The van der Waals surface area contributed by atoms with Gasteiger partial charge in [-0.1, -0.05) is 27.2 Å². The first-order chi connectivity index (χ1) is 10.6. The van der Waals surface area contributed by atoms with E-state index in [4.69, 9.17) is 10.7 Å². The summed E-state index contributed by atoms with van der Waals surface area (Å²) in [5.41, 5.74) is 8.45. The summed E-state index contributed by atoms with van der Waals surface area (Å²) >= 11 is 0. The maximum atomic E-state index is 5.83. The zero-order chi connectivity index (χ0) is 16.5. The zero-order valence-corrected chi connectivity index (χ0v) is 15.4. The van der Waals surface area contributed by atoms with Crippen LogP contribution in [0.5, 0.6) is 0 Å². The van der Waals surface area contributed by atoms with Crippen LogP contribution < -0.4 is 5.73 Å². The lowest BCUT2D eigenvalue weighted by Gasteiger charge is -2.34. The highest BCUT2D eigenvalue weighted by atomic mass is 15.2. The van der Waals surface area contributed by atoms with Crippen molar-refractivity contribution < 1.29 is 0 Å². The maximum absolute atomic E-state index is 5.83. The lowest BCUT2D eigenvalue weighted by molar-refractivity contribution is 0.173. The Morgan fingerprint density at radius 3 is 2.36 bits per heavy atom. The van der Waals surface area contributed by atoms with Crippen LogP contribution in [0.2, 0.25) is 0 Å². The second kappa shape index (κ2) is 10.0. The molecule has 0 aromatic carbocycles. The Labute approximate surface area is 138 Å². The fraction of sp³-hybridized carbons (Fsp3) is 0.842. The van der Waals surface area contributed by atoms with E-state index in [-0.39, 0.29) is 0 Å². The van der Waals surface area contributed by atoms with Crippen molar-refractivity contribution in [3.8, 4) is 0 Å². The number of likely N-dealkylation sites (tertiary alicyclic amines) is 1. The van der Waals surface area contributed by atoms with Crippen molar-refractivity contribution in [2.24, 2.45) is 16.6 Å². The Bertz CT molecular complexity index is 363. The van der Waals surface area contributed by atoms with E-state index in [0.29, 0.717) is 12.1 Å². The Morgan fingerprint density at radius 2 is 1.86 bits per heavy atom. The molecular weight excluding hydrogens is 270 g/mol. The van der Waals surface area contributed by atoms with Crippen LogP contribution in [-0.2, 0) is 0 Å². The van der Waals surface area contributed by atoms with Gasteiger partial charge in [-0.25, -0.2) is 0 Å². The number of nitrogens with zero attached hydrogens (tertiary/aromatic N) is 2. The van der Waals surface area contributed by atoms with Crippen LogP contribution in [0, 0.1) is 5.92 Å². The molecule has 1 aliphatic carbocycles. The summed E-state index contributed by atoms with van der Waals surface area (Å²) in [6.07, 6.45) is 9.04. The molecule has 0 aromatic rings. The van der Waals surface area contributed by atoms with Gasteiger partial charge in [-0.3, -0.25) is 4.99 Å². The monoisotopic (exact) mass is 307 g/mol. The van der Waals surface area contributed by atoms with E-state index < -0.39 is 0 Å². The molecule has 0 radical (unpaired) electrons. The molecule has 1 unspecified atom stereocenters. The van der Waals surface area contributed by atoms with Gasteiger partial charge in [-0.15, -0.1) is 0 Å². The molecule has 1 saturated carbocycles. The van der Waals surface area contributed by atoms with Crippen molar-refractivity contribution in [3.05, 3.63) is 11.8 Å². The molecule has 22 heavy (non-hydrogen) atoms. The van der Waals surface area contributed by atoms with Gasteiger partial charge in [0.25, 0.3) is 0 Å². The minimum absolute atomic E-state index is 0.521. The summed E-state index contributed by atoms with van der Waals surface area (Å²) in [4.78, 5) is 7.61. The predicted octanol–water partition coefficient (Wildman–Crippen LogP) is 4.38. The highest BCUT2D eigenvalue weighted by molar-refractivity contribution is 6.00. The third kappa shape index (κ3) is 5.42. The normalized spacial score (nSPS) is 28.0. The molecule has 1 saturated heterocycles. The smallest absolute Gasteiger partial charge is 0.0527 e. The van der Waals surface area contributed by atoms with Gasteiger partial charge in [0.2, 0.25) is 0 Å². The van der Waals surface area contributed by atoms with Crippen LogP contribution in [0.3, 0.4) is 0 Å². The Kier molecular flexibility index (Phi) is 8.77. The molecule has 2 N–H and O–H groups in total. The molecule has 3 nitrogen and oxygen atoms in total. The van der Waals surface area contributed by atoms with Gasteiger partial charge in [0, 0.05) is 24.8 Å². The van der Waals surface area contributed by atoms with Gasteiger partial charge >= 0.3 is 0 Å². The van der Waals surface area contributed by atoms with E-state index in [2.05, 4.69) is 25.7 Å². The van der Waals surface area contributed by atoms with Crippen LogP contribution in [0.4, 0.5) is 0 Å². The summed E-state index contributed by atoms with van der Waals surface area (Å²) < 4.78 is 0. The van der Waals surface area contributed by atoms with Crippen molar-refractivity contribution in [2.75, 3.05) is 13.1 Å². The van der Waals surface area contributed by atoms with Crippen molar-refractivity contribution in [2.45, 2.75) is 85.2 Å². The number of aliphatic imine (C=N–C) groups is 1. The fourth-order valence-electron chi connectivity index (χ4n) is 3.44. The predicted molar refractivity (Wildman–Crippen MR) is 98.4 cm³/mol. The van der Waals surface area contributed by atoms with E-state index in [1.54, 1.807) is 0 Å². The van der Waals surface area contributed by atoms with E-state index >= 15 is 0 Å². The van der Waals surface area contributed by atoms with Crippen LogP contribution in [0.15, 0.2) is 16.8 Å². The fourth-order valence-corrected chi connectivity index (χ4v) is 3.44. The first-order valence-corrected chi connectivity index (χ1v) is 9.35. The number of allylic oxidation sites excluding steroid dienone is 1. The van der Waals surface area contributed by atoms with E-state index in [1.165, 1.54) is 50.1 Å². The van der Waals surface area contributed by atoms with Crippen molar-refractivity contribution >= 4 is 5.71 Å². The third-order valence-corrected chi connectivity index (χ3v) is 5.01. The van der Waals surface area contributed by atoms with Crippen molar-refractivity contribution in [3.63, 3.8) is 0 Å². The Balaban J connectivity index is 0.00000116. The minimum atomic E-state index is 0.521. The largest absolute Gasteiger partial charge is 0.404 e. The second-order valence-corrected chi connectivity index (χ2v) is 6.65. The highest BCUT2D eigenvalue weighted by Crippen LogP contribution is 2.29. The Hall–Kier alpha value is -0.830. The van der Waals surface area contributed by atoms with Gasteiger partial charge in [0.1, 0.15) is 0 Å². The van der Waals surface area contributed by atoms with E-state index in [9.17, 15) is 0 Å². The molecule has 2 aliphatic rings. The number of hydrogen-bond acceptors (Lipinski definition) is 3. The molecular formula is C19H37N3. The summed E-state index contributed by atoms with van der Waals surface area (Å²) in [6.45, 7) is 13.2. The highest BCUT2D eigenvalue weighted by Gasteiger charge is 2.24. The van der Waals surface area contributed by atoms with Gasteiger partial charge in [-0.05, 0) is 63.6 Å². The average molecular weight is 308 g/mol. The van der Waals surface area contributed by atoms with Crippen LogP contribution in [0.1, 0.15) is 73.1 Å². The molecule has 1 atom stereocenters. The Morgan fingerprint density at radius 1 is 1.23 bits per heavy atom. The zero-order valence-electron chi connectivity index (χ0n) is 15.4. The van der Waals surface area contributed by atoms with Crippen molar-refractivity contribution in [1.82, 2.24) is 4.90 Å². The molecule has 0 spiro atoms. The van der Waals surface area contributed by atoms with Crippen molar-refractivity contribution in [1.29, 1.82) is 0 Å². The first-order valence-electron chi connectivity index (χ1n) is 9.35. The molecule has 0 amide bonds.